The Morgan fingerprint density at radius 1 is 1.62 bits per heavy atom. The molecule has 0 N–H and O–H groups in total. The van der Waals surface area contributed by atoms with Crippen LogP contribution in [0.4, 0.5) is 0 Å². The van der Waals surface area contributed by atoms with Crippen LogP contribution in [0.3, 0.4) is 0 Å². The highest BCUT2D eigenvalue weighted by molar-refractivity contribution is 5.72. The molecule has 1 aliphatic heterocycles. The van der Waals surface area contributed by atoms with E-state index in [1.165, 1.54) is 5.57 Å². The van der Waals surface area contributed by atoms with Gasteiger partial charge in [-0.2, -0.15) is 0 Å². The maximum Gasteiger partial charge on any atom is 0.306 e. The van der Waals surface area contributed by atoms with E-state index in [-0.39, 0.29) is 11.6 Å². The van der Waals surface area contributed by atoms with Gasteiger partial charge in [-0.1, -0.05) is 11.6 Å². The van der Waals surface area contributed by atoms with Gasteiger partial charge >= 0.3 is 5.97 Å². The largest absolute Gasteiger partial charge is 0.459 e. The van der Waals surface area contributed by atoms with Gasteiger partial charge < -0.3 is 4.74 Å². The number of allylic oxidation sites excluding steroid dienone is 2. The fourth-order valence-corrected chi connectivity index (χ4v) is 1.59. The van der Waals surface area contributed by atoms with Gasteiger partial charge in [0.25, 0.3) is 0 Å². The zero-order chi connectivity index (χ0) is 9.90. The molecule has 0 radical (unpaired) electrons. The van der Waals surface area contributed by atoms with E-state index >= 15 is 0 Å². The molecule has 0 spiro atoms. The molecule has 13 heavy (non-hydrogen) atoms. The highest BCUT2D eigenvalue weighted by Gasteiger charge is 2.34. The monoisotopic (exact) mass is 182 g/mol. The first-order chi connectivity index (χ1) is 6.02. The van der Waals surface area contributed by atoms with Crippen LogP contribution in [0.1, 0.15) is 46.5 Å². The van der Waals surface area contributed by atoms with Crippen molar-refractivity contribution in [2.24, 2.45) is 0 Å². The number of carbonyl (C=O) groups excluding carboxylic acids is 1. The Balaban J connectivity index is 2.36. The number of ether oxygens (including phenoxy) is 1. The van der Waals surface area contributed by atoms with Gasteiger partial charge in [-0.3, -0.25) is 4.79 Å². The summed E-state index contributed by atoms with van der Waals surface area (Å²) in [6.45, 7) is 6.20. The summed E-state index contributed by atoms with van der Waals surface area (Å²) in [6, 6.07) is 0. The predicted molar refractivity (Wildman–Crippen MR) is 52.4 cm³/mol. The SMILES string of the molecule is CC(C)=CCC[C@]1(C)CCC(=O)O1. The lowest BCUT2D eigenvalue weighted by atomic mass is 9.96. The lowest BCUT2D eigenvalue weighted by Gasteiger charge is -2.21. The van der Waals surface area contributed by atoms with Gasteiger partial charge in [-0.05, 0) is 40.0 Å². The Hall–Kier alpha value is -0.790. The van der Waals surface area contributed by atoms with Crippen molar-refractivity contribution in [1.29, 1.82) is 0 Å². The molecular formula is C11H18O2. The van der Waals surface area contributed by atoms with Gasteiger partial charge in [0.15, 0.2) is 0 Å². The van der Waals surface area contributed by atoms with E-state index in [9.17, 15) is 4.79 Å². The minimum Gasteiger partial charge on any atom is -0.459 e. The second kappa shape index (κ2) is 3.95. The molecule has 1 rings (SSSR count). The lowest BCUT2D eigenvalue weighted by molar-refractivity contribution is -0.147. The molecule has 0 aliphatic carbocycles. The molecule has 0 bridgehead atoms. The summed E-state index contributed by atoms with van der Waals surface area (Å²) < 4.78 is 5.26. The molecule has 0 saturated carbocycles. The van der Waals surface area contributed by atoms with Crippen molar-refractivity contribution >= 4 is 5.97 Å². The maximum atomic E-state index is 10.9. The highest BCUT2D eigenvalue weighted by atomic mass is 16.6. The minimum atomic E-state index is -0.191. The standard InChI is InChI=1S/C11H18O2/c1-9(2)5-4-7-11(3)8-6-10(12)13-11/h5H,4,6-8H2,1-3H3/t11-/m1/s1. The average Bonchev–Trinajstić information content (AvgIpc) is 2.30. The Morgan fingerprint density at radius 3 is 2.77 bits per heavy atom. The van der Waals surface area contributed by atoms with Gasteiger partial charge in [0.1, 0.15) is 5.60 Å². The van der Waals surface area contributed by atoms with Crippen LogP contribution >= 0.6 is 0 Å². The Morgan fingerprint density at radius 2 is 2.31 bits per heavy atom. The molecule has 2 nitrogen and oxygen atoms in total. The topological polar surface area (TPSA) is 26.3 Å². The van der Waals surface area contributed by atoms with Crippen LogP contribution in [0.2, 0.25) is 0 Å². The van der Waals surface area contributed by atoms with E-state index in [1.54, 1.807) is 0 Å². The van der Waals surface area contributed by atoms with Crippen LogP contribution in [0.5, 0.6) is 0 Å². The molecule has 0 aromatic rings. The molecular weight excluding hydrogens is 164 g/mol. The fourth-order valence-electron chi connectivity index (χ4n) is 1.59. The molecule has 0 unspecified atom stereocenters. The Kier molecular flexibility index (Phi) is 3.12. The number of hydrogen-bond donors (Lipinski definition) is 0. The van der Waals surface area contributed by atoms with Crippen LogP contribution in [-0.2, 0) is 9.53 Å². The van der Waals surface area contributed by atoms with Crippen LogP contribution in [0, 0.1) is 0 Å². The average molecular weight is 182 g/mol. The van der Waals surface area contributed by atoms with E-state index in [4.69, 9.17) is 4.74 Å². The van der Waals surface area contributed by atoms with Crippen LogP contribution < -0.4 is 0 Å². The maximum absolute atomic E-state index is 10.9. The first kappa shape index (κ1) is 10.3. The summed E-state index contributed by atoms with van der Waals surface area (Å²) in [5, 5.41) is 0. The van der Waals surface area contributed by atoms with E-state index < -0.39 is 0 Å². The third-order valence-corrected chi connectivity index (χ3v) is 2.44. The second-order valence-electron chi connectivity index (χ2n) is 4.24. The van der Waals surface area contributed by atoms with Crippen molar-refractivity contribution in [3.63, 3.8) is 0 Å². The van der Waals surface area contributed by atoms with Crippen molar-refractivity contribution in [2.45, 2.75) is 52.1 Å². The van der Waals surface area contributed by atoms with Gasteiger partial charge in [0.05, 0.1) is 0 Å². The number of hydrogen-bond acceptors (Lipinski definition) is 2. The minimum absolute atomic E-state index is 0.0419. The molecule has 1 aliphatic rings. The predicted octanol–water partition coefficient (Wildman–Crippen LogP) is 2.83. The molecule has 74 valence electrons. The smallest absolute Gasteiger partial charge is 0.306 e. The van der Waals surface area contributed by atoms with E-state index in [0.29, 0.717) is 6.42 Å². The molecule has 0 amide bonds. The van der Waals surface area contributed by atoms with Gasteiger partial charge in [0, 0.05) is 6.42 Å². The second-order valence-corrected chi connectivity index (χ2v) is 4.24. The normalized spacial score (nSPS) is 27.2. The summed E-state index contributed by atoms with van der Waals surface area (Å²) >= 11 is 0. The molecule has 1 atom stereocenters. The first-order valence-corrected chi connectivity index (χ1v) is 4.87. The highest BCUT2D eigenvalue weighted by Crippen LogP contribution is 2.30. The molecule has 0 aromatic carbocycles. The zero-order valence-corrected chi connectivity index (χ0v) is 8.72. The summed E-state index contributed by atoms with van der Waals surface area (Å²) in [7, 11) is 0. The van der Waals surface area contributed by atoms with Gasteiger partial charge in [0.2, 0.25) is 0 Å². The van der Waals surface area contributed by atoms with Crippen LogP contribution in [-0.4, -0.2) is 11.6 Å². The van der Waals surface area contributed by atoms with Crippen molar-refractivity contribution in [1.82, 2.24) is 0 Å². The van der Waals surface area contributed by atoms with Gasteiger partial charge in [-0.25, -0.2) is 0 Å². The molecule has 1 saturated heterocycles. The third kappa shape index (κ3) is 3.21. The Bertz CT molecular complexity index is 226. The van der Waals surface area contributed by atoms with Gasteiger partial charge in [-0.15, -0.1) is 0 Å². The molecule has 1 fully saturated rings. The number of cyclic esters (lactones) is 1. The number of rotatable bonds is 3. The van der Waals surface area contributed by atoms with E-state index in [1.807, 2.05) is 6.92 Å². The summed E-state index contributed by atoms with van der Waals surface area (Å²) in [5.74, 6) is -0.0419. The van der Waals surface area contributed by atoms with Crippen molar-refractivity contribution in [3.8, 4) is 0 Å². The van der Waals surface area contributed by atoms with Crippen LogP contribution in [0.25, 0.3) is 0 Å². The molecule has 2 heteroatoms. The molecule has 1 heterocycles. The summed E-state index contributed by atoms with van der Waals surface area (Å²) in [6.07, 6.45) is 5.61. The van der Waals surface area contributed by atoms with E-state index in [2.05, 4.69) is 19.9 Å². The fraction of sp³-hybridized carbons (Fsp3) is 0.727. The Labute approximate surface area is 80.0 Å². The van der Waals surface area contributed by atoms with E-state index in [0.717, 1.165) is 19.3 Å². The quantitative estimate of drug-likeness (QED) is 0.495. The molecule has 0 aromatic heterocycles. The lowest BCUT2D eigenvalue weighted by Crippen LogP contribution is -2.23. The third-order valence-electron chi connectivity index (χ3n) is 2.44. The summed E-state index contributed by atoms with van der Waals surface area (Å²) in [4.78, 5) is 10.9. The number of esters is 1. The zero-order valence-electron chi connectivity index (χ0n) is 8.72. The first-order valence-electron chi connectivity index (χ1n) is 4.87. The van der Waals surface area contributed by atoms with Crippen molar-refractivity contribution in [2.75, 3.05) is 0 Å². The van der Waals surface area contributed by atoms with Crippen molar-refractivity contribution < 1.29 is 9.53 Å². The van der Waals surface area contributed by atoms with Crippen LogP contribution in [0.15, 0.2) is 11.6 Å². The van der Waals surface area contributed by atoms with Crippen molar-refractivity contribution in [3.05, 3.63) is 11.6 Å². The number of carbonyl (C=O) groups is 1. The summed E-state index contributed by atoms with van der Waals surface area (Å²) in [5.41, 5.74) is 1.14.